The highest BCUT2D eigenvalue weighted by Gasteiger charge is 2.19. The smallest absolute Gasteiger partial charge is 0.324 e. The molecule has 1 aromatic rings. The summed E-state index contributed by atoms with van der Waals surface area (Å²) in [6.07, 6.45) is 0. The van der Waals surface area contributed by atoms with Gasteiger partial charge in [-0.2, -0.15) is 9.57 Å². The molecular formula is C8H14N5O5S-. The molecule has 0 spiro atoms. The number of aromatic nitrogens is 2. The molecule has 1 aromatic heterocycles. The van der Waals surface area contributed by atoms with E-state index < -0.39 is 16.8 Å². The Kier molecular flexibility index (Phi) is 5.04. The van der Waals surface area contributed by atoms with Crippen LogP contribution in [-0.4, -0.2) is 67.9 Å². The number of H-pyrrole nitrogens is 1. The molecule has 0 amide bonds. The molecule has 1 aliphatic rings. The zero-order valence-electron chi connectivity index (χ0n) is 10.0. The molecule has 2 rings (SSSR count). The molecule has 1 atom stereocenters. The number of aromatic amines is 1. The summed E-state index contributed by atoms with van der Waals surface area (Å²) in [7, 11) is 0. The van der Waals surface area contributed by atoms with Crippen molar-refractivity contribution in [2.45, 2.75) is 0 Å². The quantitative estimate of drug-likeness (QED) is 0.583. The molecule has 10 nitrogen and oxygen atoms in total. The van der Waals surface area contributed by atoms with E-state index in [0.29, 0.717) is 26.3 Å². The number of hydrogen-bond acceptors (Lipinski definition) is 8. The molecule has 1 saturated heterocycles. The van der Waals surface area contributed by atoms with Crippen molar-refractivity contribution < 1.29 is 18.1 Å². The van der Waals surface area contributed by atoms with Crippen LogP contribution in [0.4, 0.5) is 5.82 Å². The maximum absolute atomic E-state index is 11.2. The van der Waals surface area contributed by atoms with E-state index in [4.69, 9.17) is 4.74 Å². The molecule has 108 valence electrons. The van der Waals surface area contributed by atoms with E-state index in [1.54, 1.807) is 5.01 Å². The summed E-state index contributed by atoms with van der Waals surface area (Å²) < 4.78 is 33.1. The van der Waals surface area contributed by atoms with Crippen LogP contribution < -0.4 is 10.9 Å². The van der Waals surface area contributed by atoms with Gasteiger partial charge in [0.2, 0.25) is 5.82 Å². The van der Waals surface area contributed by atoms with Gasteiger partial charge in [-0.3, -0.25) is 13.6 Å². The van der Waals surface area contributed by atoms with Crippen molar-refractivity contribution in [2.75, 3.05) is 44.7 Å². The predicted molar refractivity (Wildman–Crippen MR) is 63.6 cm³/mol. The number of ether oxygens (including phenoxy) is 1. The third-order valence-corrected chi connectivity index (χ3v) is 3.32. The Morgan fingerprint density at radius 3 is 2.84 bits per heavy atom. The molecule has 2 N–H and O–H groups in total. The zero-order chi connectivity index (χ0) is 13.7. The second-order valence-electron chi connectivity index (χ2n) is 3.75. The van der Waals surface area contributed by atoms with E-state index in [2.05, 4.69) is 15.1 Å². The van der Waals surface area contributed by atoms with Crippen LogP contribution in [0.3, 0.4) is 0 Å². The molecule has 0 aromatic carbocycles. The fraction of sp³-hybridized carbons (Fsp3) is 0.750. The van der Waals surface area contributed by atoms with Crippen LogP contribution >= 0.6 is 0 Å². The first-order valence-corrected chi connectivity index (χ1v) is 6.69. The third kappa shape index (κ3) is 3.84. The van der Waals surface area contributed by atoms with Crippen molar-refractivity contribution in [1.29, 1.82) is 0 Å². The molecule has 2 heterocycles. The molecule has 0 aliphatic carbocycles. The molecule has 11 heteroatoms. The Morgan fingerprint density at radius 2 is 2.26 bits per heavy atom. The maximum Gasteiger partial charge on any atom is 0.324 e. The van der Waals surface area contributed by atoms with Crippen molar-refractivity contribution in [3.63, 3.8) is 0 Å². The molecule has 19 heavy (non-hydrogen) atoms. The summed E-state index contributed by atoms with van der Waals surface area (Å²) in [6, 6.07) is 0. The summed E-state index contributed by atoms with van der Waals surface area (Å²) in [5.41, 5.74) is -0.485. The van der Waals surface area contributed by atoms with Crippen LogP contribution in [0, 0.1) is 0 Å². The van der Waals surface area contributed by atoms with E-state index in [0.717, 1.165) is 0 Å². The minimum Gasteiger partial charge on any atom is -0.759 e. The Hall–Kier alpha value is -1.27. The van der Waals surface area contributed by atoms with Gasteiger partial charge in [0, 0.05) is 37.4 Å². The number of hydrazine groups is 1. The van der Waals surface area contributed by atoms with Gasteiger partial charge in [0.25, 0.3) is 0 Å². The van der Waals surface area contributed by atoms with Gasteiger partial charge in [-0.05, 0) is 5.16 Å². The van der Waals surface area contributed by atoms with Crippen LogP contribution in [-0.2, 0) is 16.0 Å². The summed E-state index contributed by atoms with van der Waals surface area (Å²) in [6.45, 7) is 2.43. The minimum atomic E-state index is -2.37. The van der Waals surface area contributed by atoms with Crippen LogP contribution in [0.5, 0.6) is 0 Å². The van der Waals surface area contributed by atoms with Crippen LogP contribution in [0.2, 0.25) is 0 Å². The van der Waals surface area contributed by atoms with E-state index >= 15 is 0 Å². The minimum absolute atomic E-state index is 0.0265. The average molecular weight is 292 g/mol. The number of anilines is 1. The average Bonchev–Trinajstić information content (AvgIpc) is 2.81. The molecular weight excluding hydrogens is 278 g/mol. The summed E-state index contributed by atoms with van der Waals surface area (Å²) in [5.74, 6) is 0.0265. The SMILES string of the molecule is O=c1[nH]onc1NCCN(N1CCOCC1)S(=O)[O-]. The van der Waals surface area contributed by atoms with E-state index in [9.17, 15) is 13.6 Å². The van der Waals surface area contributed by atoms with Crippen molar-refractivity contribution in [3.05, 3.63) is 10.4 Å². The number of nitrogens with one attached hydrogen (secondary N) is 2. The van der Waals surface area contributed by atoms with Crippen molar-refractivity contribution >= 4 is 17.1 Å². The Labute approximate surface area is 111 Å². The Balaban J connectivity index is 1.85. The fourth-order valence-corrected chi connectivity index (χ4v) is 2.26. The van der Waals surface area contributed by atoms with E-state index in [1.165, 1.54) is 4.41 Å². The van der Waals surface area contributed by atoms with E-state index in [1.807, 2.05) is 5.16 Å². The number of hydrogen-bond donors (Lipinski definition) is 2. The highest BCUT2D eigenvalue weighted by atomic mass is 32.2. The second kappa shape index (κ2) is 6.77. The lowest BCUT2D eigenvalue weighted by Crippen LogP contribution is -2.50. The molecule has 0 saturated carbocycles. The van der Waals surface area contributed by atoms with Crippen LogP contribution in [0.15, 0.2) is 9.42 Å². The van der Waals surface area contributed by atoms with Gasteiger partial charge >= 0.3 is 5.56 Å². The number of rotatable bonds is 6. The van der Waals surface area contributed by atoms with Gasteiger partial charge in [-0.15, -0.1) is 0 Å². The monoisotopic (exact) mass is 292 g/mol. The zero-order valence-corrected chi connectivity index (χ0v) is 10.9. The molecule has 0 radical (unpaired) electrons. The van der Waals surface area contributed by atoms with Gasteiger partial charge in [-0.1, -0.05) is 0 Å². The molecule has 1 fully saturated rings. The van der Waals surface area contributed by atoms with Crippen LogP contribution in [0.25, 0.3) is 0 Å². The van der Waals surface area contributed by atoms with Crippen LogP contribution in [0.1, 0.15) is 0 Å². The highest BCUT2D eigenvalue weighted by molar-refractivity contribution is 7.76. The van der Waals surface area contributed by atoms with Gasteiger partial charge in [0.15, 0.2) is 0 Å². The second-order valence-corrected chi connectivity index (χ2v) is 4.60. The van der Waals surface area contributed by atoms with E-state index in [-0.39, 0.29) is 18.9 Å². The predicted octanol–water partition coefficient (Wildman–Crippen LogP) is -1.88. The topological polar surface area (TPSA) is 127 Å². The third-order valence-electron chi connectivity index (χ3n) is 2.56. The first-order chi connectivity index (χ1) is 9.18. The highest BCUT2D eigenvalue weighted by Crippen LogP contribution is 2.05. The van der Waals surface area contributed by atoms with Crippen molar-refractivity contribution in [3.8, 4) is 0 Å². The molecule has 1 unspecified atom stereocenters. The van der Waals surface area contributed by atoms with Gasteiger partial charge in [-0.25, -0.2) is 5.01 Å². The van der Waals surface area contributed by atoms with Crippen molar-refractivity contribution in [2.24, 2.45) is 0 Å². The molecule has 1 aliphatic heterocycles. The lowest BCUT2D eigenvalue weighted by atomic mass is 10.5. The fourth-order valence-electron chi connectivity index (χ4n) is 1.67. The summed E-state index contributed by atoms with van der Waals surface area (Å²) in [5, 5.41) is 9.81. The van der Waals surface area contributed by atoms with Crippen molar-refractivity contribution in [1.82, 2.24) is 19.7 Å². The Morgan fingerprint density at radius 1 is 1.53 bits per heavy atom. The largest absolute Gasteiger partial charge is 0.759 e. The standard InChI is InChI=1S/C8H15N5O5S/c14-8-7(10-18-11-8)9-1-2-13(19(15)16)12-3-5-17-6-4-12/h1-6H2,(H,9,10)(H,11,14)(H,15,16)/p-1. The normalized spacial score (nSPS) is 18.6. The Bertz CT molecular complexity index is 470. The summed E-state index contributed by atoms with van der Waals surface area (Å²) in [4.78, 5) is 11.1. The molecule has 0 bridgehead atoms. The first-order valence-electron chi connectivity index (χ1n) is 5.66. The lowest BCUT2D eigenvalue weighted by Gasteiger charge is -2.37. The number of morpholine rings is 1. The maximum atomic E-state index is 11.2. The van der Waals surface area contributed by atoms with Gasteiger partial charge in [0.05, 0.1) is 13.2 Å². The van der Waals surface area contributed by atoms with Gasteiger partial charge < -0.3 is 14.6 Å². The van der Waals surface area contributed by atoms with Gasteiger partial charge in [0.1, 0.15) is 0 Å². The summed E-state index contributed by atoms with van der Waals surface area (Å²) >= 11 is -2.37. The number of nitrogens with zero attached hydrogens (tertiary/aromatic N) is 3. The lowest BCUT2D eigenvalue weighted by molar-refractivity contribution is -0.0411. The first kappa shape index (κ1) is 14.1.